The number of nitrogens with zero attached hydrogens (tertiary/aromatic N) is 1. The Kier molecular flexibility index (Phi) is 6.42. The van der Waals surface area contributed by atoms with Gasteiger partial charge in [-0.1, -0.05) is 0 Å². The zero-order valence-corrected chi connectivity index (χ0v) is 10.5. The zero-order valence-electron chi connectivity index (χ0n) is 10.5. The predicted octanol–water partition coefficient (Wildman–Crippen LogP) is 0.871. The van der Waals surface area contributed by atoms with Crippen LogP contribution in [0.4, 0.5) is 0 Å². The molecule has 16 heavy (non-hydrogen) atoms. The lowest BCUT2D eigenvalue weighted by Crippen LogP contribution is -2.37. The van der Waals surface area contributed by atoms with E-state index in [2.05, 4.69) is 17.3 Å². The van der Waals surface area contributed by atoms with Crippen molar-refractivity contribution in [1.82, 2.24) is 10.2 Å². The van der Waals surface area contributed by atoms with Crippen LogP contribution in [0.5, 0.6) is 0 Å². The van der Waals surface area contributed by atoms with E-state index in [1.807, 2.05) is 6.92 Å². The highest BCUT2D eigenvalue weighted by Crippen LogP contribution is 2.13. The van der Waals surface area contributed by atoms with Crippen molar-refractivity contribution in [1.29, 1.82) is 0 Å². The number of carbonyl (C=O) groups is 1. The Hall–Kier alpha value is -0.610. The van der Waals surface area contributed by atoms with Crippen molar-refractivity contribution in [3.05, 3.63) is 0 Å². The lowest BCUT2D eigenvalue weighted by Gasteiger charge is -2.29. The zero-order chi connectivity index (χ0) is 11.8. The quantitative estimate of drug-likeness (QED) is 0.541. The molecule has 0 aromatic heterocycles. The van der Waals surface area contributed by atoms with Crippen molar-refractivity contribution in [2.45, 2.75) is 26.2 Å². The third-order valence-corrected chi connectivity index (χ3v) is 2.97. The molecule has 0 bridgehead atoms. The van der Waals surface area contributed by atoms with Crippen LogP contribution in [0.15, 0.2) is 0 Å². The molecule has 1 N–H and O–H groups in total. The highest BCUT2D eigenvalue weighted by molar-refractivity contribution is 5.69. The van der Waals surface area contributed by atoms with Crippen LogP contribution in [0.25, 0.3) is 0 Å². The van der Waals surface area contributed by atoms with E-state index in [0.29, 0.717) is 13.0 Å². The van der Waals surface area contributed by atoms with Crippen LogP contribution in [0.1, 0.15) is 26.2 Å². The molecule has 1 atom stereocenters. The maximum atomic E-state index is 11.1. The molecule has 1 heterocycles. The summed E-state index contributed by atoms with van der Waals surface area (Å²) in [5, 5.41) is 3.34. The van der Waals surface area contributed by atoms with Gasteiger partial charge < -0.3 is 15.0 Å². The molecule has 94 valence electrons. The number of hydrogen-bond donors (Lipinski definition) is 1. The summed E-state index contributed by atoms with van der Waals surface area (Å²) in [7, 11) is 2.17. The van der Waals surface area contributed by atoms with Crippen molar-refractivity contribution in [3.8, 4) is 0 Å². The molecule has 4 heteroatoms. The minimum atomic E-state index is -0.101. The maximum absolute atomic E-state index is 11.1. The van der Waals surface area contributed by atoms with Crippen molar-refractivity contribution >= 4 is 5.97 Å². The smallest absolute Gasteiger partial charge is 0.307 e. The van der Waals surface area contributed by atoms with Gasteiger partial charge >= 0.3 is 5.97 Å². The topological polar surface area (TPSA) is 41.6 Å². The highest BCUT2D eigenvalue weighted by Gasteiger charge is 2.16. The molecular weight excluding hydrogens is 204 g/mol. The monoisotopic (exact) mass is 228 g/mol. The first kappa shape index (κ1) is 13.5. The number of carbonyl (C=O) groups excluding carboxylic acids is 1. The fourth-order valence-electron chi connectivity index (χ4n) is 2.17. The van der Waals surface area contributed by atoms with Crippen molar-refractivity contribution in [2.24, 2.45) is 5.92 Å². The number of piperidine rings is 1. The first-order chi connectivity index (χ1) is 7.72. The predicted molar refractivity (Wildman–Crippen MR) is 64.3 cm³/mol. The van der Waals surface area contributed by atoms with E-state index in [1.54, 1.807) is 0 Å². The van der Waals surface area contributed by atoms with E-state index in [0.717, 1.165) is 19.0 Å². The largest absolute Gasteiger partial charge is 0.466 e. The highest BCUT2D eigenvalue weighted by atomic mass is 16.5. The molecular formula is C12H24N2O2. The van der Waals surface area contributed by atoms with E-state index in [4.69, 9.17) is 4.74 Å². The van der Waals surface area contributed by atoms with Gasteiger partial charge in [-0.2, -0.15) is 0 Å². The Morgan fingerprint density at radius 3 is 3.06 bits per heavy atom. The first-order valence-corrected chi connectivity index (χ1v) is 6.27. The average Bonchev–Trinajstić information content (AvgIpc) is 2.25. The van der Waals surface area contributed by atoms with E-state index in [9.17, 15) is 4.79 Å². The van der Waals surface area contributed by atoms with Gasteiger partial charge in [0.1, 0.15) is 0 Å². The molecule has 0 aliphatic carbocycles. The molecule has 1 saturated heterocycles. The second kappa shape index (κ2) is 7.63. The van der Waals surface area contributed by atoms with Crippen LogP contribution in [-0.4, -0.2) is 50.7 Å². The summed E-state index contributed by atoms with van der Waals surface area (Å²) in [4.78, 5) is 13.5. The third-order valence-electron chi connectivity index (χ3n) is 2.97. The lowest BCUT2D eigenvalue weighted by molar-refractivity contribution is -0.142. The molecule has 0 aromatic rings. The van der Waals surface area contributed by atoms with Crippen LogP contribution in [0, 0.1) is 5.92 Å². The van der Waals surface area contributed by atoms with Crippen molar-refractivity contribution in [3.63, 3.8) is 0 Å². The Morgan fingerprint density at radius 1 is 1.56 bits per heavy atom. The molecule has 1 aliphatic rings. The fraction of sp³-hybridized carbons (Fsp3) is 0.917. The van der Waals surface area contributed by atoms with Crippen LogP contribution < -0.4 is 5.32 Å². The minimum Gasteiger partial charge on any atom is -0.466 e. The molecule has 1 fully saturated rings. The second-order valence-corrected chi connectivity index (χ2v) is 4.53. The lowest BCUT2D eigenvalue weighted by atomic mass is 9.98. The van der Waals surface area contributed by atoms with Gasteiger partial charge in [-0.3, -0.25) is 4.79 Å². The first-order valence-electron chi connectivity index (χ1n) is 6.27. The average molecular weight is 228 g/mol. The summed E-state index contributed by atoms with van der Waals surface area (Å²) in [6.07, 6.45) is 3.08. The number of hydrogen-bond acceptors (Lipinski definition) is 4. The van der Waals surface area contributed by atoms with E-state index < -0.39 is 0 Å². The minimum absolute atomic E-state index is 0.101. The SMILES string of the molecule is CCOC(=O)CCNCC1CCCN(C)C1. The van der Waals surface area contributed by atoms with Gasteiger partial charge in [0.15, 0.2) is 0 Å². The van der Waals surface area contributed by atoms with Crippen LogP contribution >= 0.6 is 0 Å². The second-order valence-electron chi connectivity index (χ2n) is 4.53. The van der Waals surface area contributed by atoms with Gasteiger partial charge in [-0.15, -0.1) is 0 Å². The van der Waals surface area contributed by atoms with Crippen molar-refractivity contribution in [2.75, 3.05) is 39.8 Å². The molecule has 0 radical (unpaired) electrons. The number of nitrogens with one attached hydrogen (secondary N) is 1. The number of rotatable bonds is 6. The van der Waals surface area contributed by atoms with E-state index in [-0.39, 0.29) is 5.97 Å². The molecule has 4 nitrogen and oxygen atoms in total. The third kappa shape index (κ3) is 5.47. The van der Waals surface area contributed by atoms with E-state index in [1.165, 1.54) is 25.9 Å². The van der Waals surface area contributed by atoms with Crippen LogP contribution in [0.2, 0.25) is 0 Å². The molecule has 0 aromatic carbocycles. The standard InChI is InChI=1S/C12H24N2O2/c1-3-16-12(15)6-7-13-9-11-5-4-8-14(2)10-11/h11,13H,3-10H2,1-2H3. The van der Waals surface area contributed by atoms with Gasteiger partial charge in [-0.05, 0) is 45.8 Å². The molecule has 0 saturated carbocycles. The van der Waals surface area contributed by atoms with Gasteiger partial charge in [0.2, 0.25) is 0 Å². The van der Waals surface area contributed by atoms with Gasteiger partial charge in [0, 0.05) is 13.1 Å². The number of esters is 1. The Labute approximate surface area is 98.3 Å². The molecule has 1 rings (SSSR count). The van der Waals surface area contributed by atoms with Crippen molar-refractivity contribution < 1.29 is 9.53 Å². The number of ether oxygens (including phenoxy) is 1. The van der Waals surface area contributed by atoms with Gasteiger partial charge in [-0.25, -0.2) is 0 Å². The fourth-order valence-corrected chi connectivity index (χ4v) is 2.17. The van der Waals surface area contributed by atoms with Crippen LogP contribution in [0.3, 0.4) is 0 Å². The van der Waals surface area contributed by atoms with E-state index >= 15 is 0 Å². The van der Waals surface area contributed by atoms with Gasteiger partial charge in [0.05, 0.1) is 13.0 Å². The molecule has 0 spiro atoms. The van der Waals surface area contributed by atoms with Crippen LogP contribution in [-0.2, 0) is 9.53 Å². The Balaban J connectivity index is 2.00. The summed E-state index contributed by atoms with van der Waals surface area (Å²) >= 11 is 0. The maximum Gasteiger partial charge on any atom is 0.307 e. The van der Waals surface area contributed by atoms with Gasteiger partial charge in [0.25, 0.3) is 0 Å². The summed E-state index contributed by atoms with van der Waals surface area (Å²) in [5.41, 5.74) is 0. The summed E-state index contributed by atoms with van der Waals surface area (Å²) in [5.74, 6) is 0.636. The summed E-state index contributed by atoms with van der Waals surface area (Å²) < 4.78 is 4.86. The molecule has 1 unspecified atom stereocenters. The number of likely N-dealkylation sites (tertiary alicyclic amines) is 1. The Bertz CT molecular complexity index is 209. The molecule has 1 aliphatic heterocycles. The Morgan fingerprint density at radius 2 is 2.38 bits per heavy atom. The summed E-state index contributed by atoms with van der Waals surface area (Å²) in [6.45, 7) is 6.46. The molecule has 0 amide bonds. The normalized spacial score (nSPS) is 22.0. The summed E-state index contributed by atoms with van der Waals surface area (Å²) in [6, 6.07) is 0.